The van der Waals surface area contributed by atoms with Crippen LogP contribution in [0.3, 0.4) is 0 Å². The van der Waals surface area contributed by atoms with E-state index in [0.717, 1.165) is 11.5 Å². The highest BCUT2D eigenvalue weighted by Gasteiger charge is 1.98. The molecule has 0 saturated carbocycles. The van der Waals surface area contributed by atoms with E-state index in [1.165, 1.54) is 60.5 Å². The number of hydrogen-bond acceptors (Lipinski definition) is 1. The van der Waals surface area contributed by atoms with Gasteiger partial charge < -0.3 is 4.74 Å². The zero-order valence-electron chi connectivity index (χ0n) is 30.3. The van der Waals surface area contributed by atoms with Crippen LogP contribution in [0.25, 0.3) is 21.5 Å². The predicted molar refractivity (Wildman–Crippen MR) is 212 cm³/mol. The first-order valence-corrected chi connectivity index (χ1v) is 16.9. The molecule has 48 heavy (non-hydrogen) atoms. The fourth-order valence-electron chi connectivity index (χ4n) is 4.97. The second kappa shape index (κ2) is 19.5. The first-order chi connectivity index (χ1) is 23.2. The summed E-state index contributed by atoms with van der Waals surface area (Å²) in [6, 6.07) is 52.4. The standard InChI is InChI=1S/C14H14O.2C12H12.C7H8.C2H6/c1-11-3-7-13(8-4-11)15-14-9-5-12(2)6-10-14;1-9-3-5-12-8-10(2)4-6-11(12)7-9;1-9-7-8-10(2)12-6-4-3-5-11(9)12;1-7-5-3-2-4-6-7;1-2/h3-10H,1-2H3;2*3-8H,1-2H3;2-6H,1H3;1-2H3. The fourth-order valence-corrected chi connectivity index (χ4v) is 4.97. The van der Waals surface area contributed by atoms with Gasteiger partial charge in [-0.05, 0) is 105 Å². The Morgan fingerprint density at radius 3 is 1.00 bits per heavy atom. The van der Waals surface area contributed by atoms with E-state index in [0.29, 0.717) is 0 Å². The predicted octanol–water partition coefficient (Wildman–Crippen LogP) is 14.0. The van der Waals surface area contributed by atoms with Gasteiger partial charge in [0.1, 0.15) is 11.5 Å². The van der Waals surface area contributed by atoms with Gasteiger partial charge in [-0.15, -0.1) is 0 Å². The third-order valence-corrected chi connectivity index (χ3v) is 7.73. The van der Waals surface area contributed by atoms with Crippen LogP contribution in [0.5, 0.6) is 11.5 Å². The van der Waals surface area contributed by atoms with Crippen molar-refractivity contribution in [3.63, 3.8) is 0 Å². The van der Waals surface area contributed by atoms with Crippen LogP contribution in [-0.2, 0) is 0 Å². The van der Waals surface area contributed by atoms with E-state index in [1.807, 2.05) is 80.6 Å². The molecule has 0 unspecified atom stereocenters. The first kappa shape index (κ1) is 37.3. The molecule has 7 aromatic carbocycles. The van der Waals surface area contributed by atoms with Gasteiger partial charge in [-0.1, -0.05) is 169 Å². The van der Waals surface area contributed by atoms with Crippen molar-refractivity contribution in [2.75, 3.05) is 0 Å². The van der Waals surface area contributed by atoms with E-state index >= 15 is 0 Å². The van der Waals surface area contributed by atoms with E-state index in [1.54, 1.807) is 0 Å². The Kier molecular flexibility index (Phi) is 15.2. The molecular weight excluding hydrogens is 581 g/mol. The summed E-state index contributed by atoms with van der Waals surface area (Å²) in [5.74, 6) is 1.76. The van der Waals surface area contributed by atoms with Crippen LogP contribution in [0.1, 0.15) is 52.8 Å². The van der Waals surface area contributed by atoms with Crippen molar-refractivity contribution in [1.82, 2.24) is 0 Å². The molecule has 1 heteroatoms. The minimum atomic E-state index is 0.879. The molecule has 0 radical (unpaired) electrons. The average molecular weight is 633 g/mol. The molecule has 0 aliphatic rings. The molecule has 0 aliphatic carbocycles. The normalized spacial score (nSPS) is 9.77. The number of hydrogen-bond donors (Lipinski definition) is 0. The summed E-state index contributed by atoms with van der Waals surface area (Å²) in [6.07, 6.45) is 0. The number of aryl methyl sites for hydroxylation is 7. The van der Waals surface area contributed by atoms with Crippen molar-refractivity contribution in [2.24, 2.45) is 0 Å². The van der Waals surface area contributed by atoms with Crippen LogP contribution in [0, 0.1) is 48.5 Å². The summed E-state index contributed by atoms with van der Waals surface area (Å²) in [6.45, 7) is 18.8. The summed E-state index contributed by atoms with van der Waals surface area (Å²) in [7, 11) is 0. The summed E-state index contributed by atoms with van der Waals surface area (Å²) in [5.41, 5.74) is 9.17. The topological polar surface area (TPSA) is 9.23 Å². The van der Waals surface area contributed by atoms with Crippen molar-refractivity contribution in [3.05, 3.63) is 191 Å². The Balaban J connectivity index is 0.000000175. The molecule has 0 aliphatic heterocycles. The van der Waals surface area contributed by atoms with Gasteiger partial charge in [-0.3, -0.25) is 0 Å². The van der Waals surface area contributed by atoms with E-state index in [-0.39, 0.29) is 0 Å². The second-order valence-corrected chi connectivity index (χ2v) is 12.0. The lowest BCUT2D eigenvalue weighted by Gasteiger charge is -2.05. The molecule has 246 valence electrons. The number of fused-ring (bicyclic) bond motifs is 2. The summed E-state index contributed by atoms with van der Waals surface area (Å²) < 4.78 is 5.69. The highest BCUT2D eigenvalue weighted by atomic mass is 16.5. The lowest BCUT2D eigenvalue weighted by molar-refractivity contribution is 0.482. The maximum atomic E-state index is 5.69. The van der Waals surface area contributed by atoms with Gasteiger partial charge in [0.2, 0.25) is 0 Å². The number of benzene rings is 7. The molecule has 0 N–H and O–H groups in total. The Hall–Kier alpha value is -5.14. The van der Waals surface area contributed by atoms with E-state index in [2.05, 4.69) is 133 Å². The third-order valence-electron chi connectivity index (χ3n) is 7.73. The molecule has 0 bridgehead atoms. The van der Waals surface area contributed by atoms with Crippen LogP contribution in [-0.4, -0.2) is 0 Å². The zero-order valence-corrected chi connectivity index (χ0v) is 30.3. The maximum absolute atomic E-state index is 5.69. The fraction of sp³-hybridized carbons (Fsp3) is 0.191. The van der Waals surface area contributed by atoms with Gasteiger partial charge in [0.05, 0.1) is 0 Å². The SMILES string of the molecule is CC.Cc1ccc(C)c2ccccc12.Cc1ccc(Oc2ccc(C)cc2)cc1.Cc1ccc2cc(C)ccc2c1.Cc1ccccc1. The first-order valence-electron chi connectivity index (χ1n) is 16.9. The molecule has 0 saturated heterocycles. The highest BCUT2D eigenvalue weighted by Crippen LogP contribution is 2.22. The molecule has 7 aromatic rings. The molecule has 0 amide bonds. The van der Waals surface area contributed by atoms with Gasteiger partial charge >= 0.3 is 0 Å². The number of rotatable bonds is 2. The zero-order chi connectivity index (χ0) is 34.9. The molecular formula is C47H52O. The van der Waals surface area contributed by atoms with Gasteiger partial charge in [-0.2, -0.15) is 0 Å². The van der Waals surface area contributed by atoms with Crippen LogP contribution >= 0.6 is 0 Å². The smallest absolute Gasteiger partial charge is 0.127 e. The van der Waals surface area contributed by atoms with E-state index in [4.69, 9.17) is 4.74 Å². The van der Waals surface area contributed by atoms with Gasteiger partial charge in [0.15, 0.2) is 0 Å². The summed E-state index contributed by atoms with van der Waals surface area (Å²) in [5, 5.41) is 5.41. The quantitative estimate of drug-likeness (QED) is 0.184. The molecule has 0 fully saturated rings. The van der Waals surface area contributed by atoms with Gasteiger partial charge in [0, 0.05) is 0 Å². The lowest BCUT2D eigenvalue weighted by Crippen LogP contribution is -1.84. The number of ether oxygens (including phenoxy) is 1. The van der Waals surface area contributed by atoms with Crippen molar-refractivity contribution >= 4 is 21.5 Å². The van der Waals surface area contributed by atoms with Crippen molar-refractivity contribution in [3.8, 4) is 11.5 Å². The Morgan fingerprint density at radius 2 is 0.646 bits per heavy atom. The van der Waals surface area contributed by atoms with Gasteiger partial charge in [0.25, 0.3) is 0 Å². The third kappa shape index (κ3) is 12.2. The van der Waals surface area contributed by atoms with Crippen molar-refractivity contribution in [1.29, 1.82) is 0 Å². The minimum absolute atomic E-state index is 0.879. The van der Waals surface area contributed by atoms with Gasteiger partial charge in [-0.25, -0.2) is 0 Å². The molecule has 1 nitrogen and oxygen atoms in total. The minimum Gasteiger partial charge on any atom is -0.457 e. The van der Waals surface area contributed by atoms with Crippen molar-refractivity contribution < 1.29 is 4.74 Å². The van der Waals surface area contributed by atoms with E-state index in [9.17, 15) is 0 Å². The lowest BCUT2D eigenvalue weighted by atomic mass is 10.0. The molecule has 0 heterocycles. The molecule has 0 spiro atoms. The van der Waals surface area contributed by atoms with Crippen LogP contribution in [0.15, 0.2) is 152 Å². The molecule has 0 aromatic heterocycles. The van der Waals surface area contributed by atoms with Crippen LogP contribution in [0.4, 0.5) is 0 Å². The average Bonchev–Trinajstić information content (AvgIpc) is 3.11. The molecule has 7 rings (SSSR count). The summed E-state index contributed by atoms with van der Waals surface area (Å²) >= 11 is 0. The van der Waals surface area contributed by atoms with Crippen LogP contribution in [0.2, 0.25) is 0 Å². The monoisotopic (exact) mass is 632 g/mol. The largest absolute Gasteiger partial charge is 0.457 e. The maximum Gasteiger partial charge on any atom is 0.127 e. The Labute approximate surface area is 289 Å². The highest BCUT2D eigenvalue weighted by molar-refractivity contribution is 5.88. The summed E-state index contributed by atoms with van der Waals surface area (Å²) in [4.78, 5) is 0. The molecule has 0 atom stereocenters. The van der Waals surface area contributed by atoms with Crippen LogP contribution < -0.4 is 4.74 Å². The second-order valence-electron chi connectivity index (χ2n) is 12.0. The Morgan fingerprint density at radius 1 is 0.312 bits per heavy atom. The van der Waals surface area contributed by atoms with E-state index < -0.39 is 0 Å². The Bertz CT molecular complexity index is 1830. The van der Waals surface area contributed by atoms with Crippen molar-refractivity contribution in [2.45, 2.75) is 62.3 Å².